The zero-order valence-corrected chi connectivity index (χ0v) is 11.5. The summed E-state index contributed by atoms with van der Waals surface area (Å²) in [5, 5.41) is 16.8. The Morgan fingerprint density at radius 1 is 1.30 bits per heavy atom. The van der Waals surface area contributed by atoms with Gasteiger partial charge in [0, 0.05) is 16.4 Å². The van der Waals surface area contributed by atoms with Gasteiger partial charge in [0.05, 0.1) is 24.7 Å². The van der Waals surface area contributed by atoms with E-state index in [0.717, 1.165) is 0 Å². The average molecular weight is 283 g/mol. The third-order valence-corrected chi connectivity index (χ3v) is 2.64. The fourth-order valence-corrected chi connectivity index (χ4v) is 1.86. The fraction of sp³-hybridized carbons (Fsp3) is 0.900. The molecule has 1 rings (SSSR count). The highest BCUT2D eigenvalue weighted by Crippen LogP contribution is 2.20. The second kappa shape index (κ2) is 6.33. The Kier molecular flexibility index (Phi) is 5.04. The minimum absolute atomic E-state index is 0.0275. The predicted molar refractivity (Wildman–Crippen MR) is 69.7 cm³/mol. The van der Waals surface area contributed by atoms with Crippen molar-refractivity contribution in [3.05, 3.63) is 20.9 Å². The number of β-amino-alcohol motifs (C(OH)–C–C–N with tert-alkyl or cyclic N) is 1. The van der Waals surface area contributed by atoms with Gasteiger partial charge in [0.15, 0.2) is 0 Å². The summed E-state index contributed by atoms with van der Waals surface area (Å²) in [5.41, 5.74) is 16.3. The van der Waals surface area contributed by atoms with Crippen molar-refractivity contribution >= 4 is 6.09 Å². The lowest BCUT2D eigenvalue weighted by molar-refractivity contribution is -0.00478. The van der Waals surface area contributed by atoms with Crippen LogP contribution in [0.25, 0.3) is 20.9 Å². The van der Waals surface area contributed by atoms with Gasteiger partial charge in [-0.05, 0) is 31.8 Å². The molecule has 1 amide bonds. The minimum atomic E-state index is -1.11. The van der Waals surface area contributed by atoms with Gasteiger partial charge in [-0.3, -0.25) is 0 Å². The molecule has 0 saturated carbocycles. The lowest BCUT2D eigenvalue weighted by Crippen LogP contribution is -2.56. The molecule has 0 bridgehead atoms. The van der Waals surface area contributed by atoms with Crippen LogP contribution in [-0.2, 0) is 4.74 Å². The van der Waals surface area contributed by atoms with Crippen LogP contribution in [0.15, 0.2) is 10.2 Å². The first-order valence-electron chi connectivity index (χ1n) is 6.03. The summed E-state index contributed by atoms with van der Waals surface area (Å²) in [5.74, 6) is 0. The number of aliphatic hydroxyl groups is 1. The van der Waals surface area contributed by atoms with Gasteiger partial charge in [-0.2, -0.15) is 0 Å². The van der Waals surface area contributed by atoms with Crippen molar-refractivity contribution in [3.8, 4) is 0 Å². The number of hydrogen-bond donors (Lipinski definition) is 1. The molecule has 110 valence electrons. The van der Waals surface area contributed by atoms with Gasteiger partial charge in [0.1, 0.15) is 5.60 Å². The molecule has 0 spiro atoms. The summed E-state index contributed by atoms with van der Waals surface area (Å²) in [4.78, 5) is 18.4. The van der Waals surface area contributed by atoms with E-state index in [1.165, 1.54) is 4.90 Å². The zero-order valence-electron chi connectivity index (χ0n) is 11.5. The molecule has 1 saturated heterocycles. The van der Waals surface area contributed by atoms with Gasteiger partial charge in [-0.15, -0.1) is 0 Å². The largest absolute Gasteiger partial charge is 0.444 e. The number of amides is 1. The summed E-state index contributed by atoms with van der Waals surface area (Å²) >= 11 is 0. The SMILES string of the molecule is CC(C)(C)OC(=O)N1C[C@H](O)[C@H](N=[N+]=[N-])[C@H](N=[N+]=[N-])C1. The van der Waals surface area contributed by atoms with Crippen LogP contribution in [0.2, 0.25) is 0 Å². The maximum atomic E-state index is 11.9. The Labute approximate surface area is 115 Å². The number of piperidine rings is 1. The third kappa shape index (κ3) is 4.20. The second-order valence-corrected chi connectivity index (χ2v) is 5.42. The molecule has 0 aromatic rings. The van der Waals surface area contributed by atoms with E-state index in [2.05, 4.69) is 20.1 Å². The van der Waals surface area contributed by atoms with E-state index in [0.29, 0.717) is 0 Å². The molecule has 10 nitrogen and oxygen atoms in total. The molecular formula is C10H17N7O3. The predicted octanol–water partition coefficient (Wildman–Crippen LogP) is 1.96. The topological polar surface area (TPSA) is 147 Å². The maximum absolute atomic E-state index is 11.9. The number of carbonyl (C=O) groups is 1. The molecule has 1 N–H and O–H groups in total. The first kappa shape index (κ1) is 15.9. The van der Waals surface area contributed by atoms with Crippen molar-refractivity contribution in [1.29, 1.82) is 0 Å². The number of rotatable bonds is 2. The summed E-state index contributed by atoms with van der Waals surface area (Å²) in [7, 11) is 0. The van der Waals surface area contributed by atoms with E-state index >= 15 is 0 Å². The number of carbonyl (C=O) groups excluding carboxylic acids is 1. The number of azide groups is 2. The molecule has 10 heteroatoms. The second-order valence-electron chi connectivity index (χ2n) is 5.42. The van der Waals surface area contributed by atoms with Gasteiger partial charge < -0.3 is 14.7 Å². The molecule has 1 aliphatic rings. The van der Waals surface area contributed by atoms with Crippen LogP contribution in [0.3, 0.4) is 0 Å². The summed E-state index contributed by atoms with van der Waals surface area (Å²) in [6, 6.07) is -1.72. The molecule has 0 unspecified atom stereocenters. The van der Waals surface area contributed by atoms with Crippen LogP contribution in [0.1, 0.15) is 20.8 Å². The van der Waals surface area contributed by atoms with Crippen LogP contribution in [0.5, 0.6) is 0 Å². The number of hydrogen-bond acceptors (Lipinski definition) is 5. The standard InChI is InChI=1S/C10H17N7O3/c1-10(2,3)20-9(19)17-4-6(13-15-11)8(14-16-12)7(18)5-17/h6-8,18H,4-5H2,1-3H3/t6-,7+,8-/m1/s1. The van der Waals surface area contributed by atoms with Crippen LogP contribution >= 0.6 is 0 Å². The zero-order chi connectivity index (χ0) is 15.3. The van der Waals surface area contributed by atoms with Crippen molar-refractivity contribution in [3.63, 3.8) is 0 Å². The highest BCUT2D eigenvalue weighted by molar-refractivity contribution is 5.68. The van der Waals surface area contributed by atoms with Crippen LogP contribution in [-0.4, -0.2) is 53.0 Å². The van der Waals surface area contributed by atoms with Crippen LogP contribution in [0.4, 0.5) is 4.79 Å². The van der Waals surface area contributed by atoms with E-state index in [1.807, 2.05) is 0 Å². The van der Waals surface area contributed by atoms with Crippen LogP contribution in [0, 0.1) is 0 Å². The number of ether oxygens (including phenoxy) is 1. The molecule has 0 aliphatic carbocycles. The molecule has 0 aromatic carbocycles. The molecule has 3 atom stereocenters. The van der Waals surface area contributed by atoms with E-state index in [9.17, 15) is 9.90 Å². The molecule has 0 aromatic heterocycles. The normalized spacial score (nSPS) is 26.2. The Morgan fingerprint density at radius 3 is 2.40 bits per heavy atom. The third-order valence-electron chi connectivity index (χ3n) is 2.64. The Hall–Kier alpha value is -2.15. The van der Waals surface area contributed by atoms with Crippen molar-refractivity contribution in [1.82, 2.24) is 4.90 Å². The lowest BCUT2D eigenvalue weighted by atomic mass is 9.98. The van der Waals surface area contributed by atoms with E-state index < -0.39 is 29.9 Å². The monoisotopic (exact) mass is 283 g/mol. The molecule has 1 heterocycles. The molecule has 1 aliphatic heterocycles. The van der Waals surface area contributed by atoms with Gasteiger partial charge in [0.2, 0.25) is 0 Å². The summed E-state index contributed by atoms with van der Waals surface area (Å²) in [6.07, 6.45) is -1.73. The number of nitrogens with zero attached hydrogens (tertiary/aromatic N) is 7. The van der Waals surface area contributed by atoms with Crippen molar-refractivity contribution < 1.29 is 14.6 Å². The number of aliphatic hydroxyl groups excluding tert-OH is 1. The van der Waals surface area contributed by atoms with E-state index in [-0.39, 0.29) is 13.1 Å². The van der Waals surface area contributed by atoms with Crippen LogP contribution < -0.4 is 0 Å². The molecular weight excluding hydrogens is 266 g/mol. The Balaban J connectivity index is 2.87. The van der Waals surface area contributed by atoms with Crippen molar-refractivity contribution in [2.45, 2.75) is 44.6 Å². The van der Waals surface area contributed by atoms with Gasteiger partial charge in [0.25, 0.3) is 0 Å². The summed E-state index contributed by atoms with van der Waals surface area (Å²) < 4.78 is 5.18. The van der Waals surface area contributed by atoms with Crippen molar-refractivity contribution in [2.75, 3.05) is 13.1 Å². The minimum Gasteiger partial charge on any atom is -0.444 e. The van der Waals surface area contributed by atoms with Gasteiger partial charge >= 0.3 is 6.09 Å². The maximum Gasteiger partial charge on any atom is 0.410 e. The number of likely N-dealkylation sites (tertiary alicyclic amines) is 1. The first-order chi connectivity index (χ1) is 9.28. The van der Waals surface area contributed by atoms with Gasteiger partial charge in [-0.25, -0.2) is 4.79 Å². The molecule has 20 heavy (non-hydrogen) atoms. The van der Waals surface area contributed by atoms with E-state index in [4.69, 9.17) is 15.8 Å². The fourth-order valence-electron chi connectivity index (χ4n) is 1.86. The Morgan fingerprint density at radius 2 is 1.90 bits per heavy atom. The van der Waals surface area contributed by atoms with Crippen molar-refractivity contribution in [2.24, 2.45) is 10.2 Å². The summed E-state index contributed by atoms with van der Waals surface area (Å²) in [6.45, 7) is 5.15. The average Bonchev–Trinajstić information content (AvgIpc) is 2.31. The Bertz CT molecular complexity index is 462. The highest BCUT2D eigenvalue weighted by Gasteiger charge is 2.38. The molecule has 1 fully saturated rings. The first-order valence-corrected chi connectivity index (χ1v) is 6.03. The quantitative estimate of drug-likeness (QED) is 0.469. The highest BCUT2D eigenvalue weighted by atomic mass is 16.6. The van der Waals surface area contributed by atoms with Gasteiger partial charge in [-0.1, -0.05) is 10.2 Å². The lowest BCUT2D eigenvalue weighted by Gasteiger charge is -2.38. The smallest absolute Gasteiger partial charge is 0.410 e. The van der Waals surface area contributed by atoms with E-state index in [1.54, 1.807) is 20.8 Å². The molecule has 0 radical (unpaired) electrons.